The van der Waals surface area contributed by atoms with E-state index in [1.807, 2.05) is 32.0 Å². The molecule has 0 fully saturated rings. The molecule has 1 heterocycles. The summed E-state index contributed by atoms with van der Waals surface area (Å²) in [6.07, 6.45) is 0. The zero-order valence-corrected chi connectivity index (χ0v) is 10.9. The lowest BCUT2D eigenvalue weighted by molar-refractivity contribution is 0.202. The molecule has 0 atom stereocenters. The smallest absolute Gasteiger partial charge is 0.317 e. The van der Waals surface area contributed by atoms with Crippen LogP contribution < -0.4 is 5.32 Å². The predicted octanol–water partition coefficient (Wildman–Crippen LogP) is 2.72. The van der Waals surface area contributed by atoms with E-state index in [4.69, 9.17) is 0 Å². The van der Waals surface area contributed by atoms with Gasteiger partial charge in [-0.1, -0.05) is 18.2 Å². The fourth-order valence-electron chi connectivity index (χ4n) is 2.02. The maximum Gasteiger partial charge on any atom is 0.317 e. The number of aromatic nitrogens is 1. The highest BCUT2D eigenvalue weighted by atomic mass is 16.2. The van der Waals surface area contributed by atoms with Crippen LogP contribution in [0.3, 0.4) is 0 Å². The van der Waals surface area contributed by atoms with Crippen molar-refractivity contribution in [2.75, 3.05) is 13.1 Å². The van der Waals surface area contributed by atoms with Crippen molar-refractivity contribution < 1.29 is 4.79 Å². The number of rotatable bonds is 4. The van der Waals surface area contributed by atoms with Crippen LogP contribution in [0.25, 0.3) is 10.9 Å². The SMILES string of the molecule is CCN(CC)C(=O)NCc1cc2ccccc2[nH]1. The van der Waals surface area contributed by atoms with E-state index in [1.54, 1.807) is 4.90 Å². The minimum atomic E-state index is -0.0151. The normalized spacial score (nSPS) is 10.6. The Bertz CT molecular complexity index is 496. The van der Waals surface area contributed by atoms with Gasteiger partial charge in [-0.25, -0.2) is 4.79 Å². The van der Waals surface area contributed by atoms with Crippen LogP contribution in [0.15, 0.2) is 30.3 Å². The van der Waals surface area contributed by atoms with Gasteiger partial charge in [0.25, 0.3) is 0 Å². The maximum atomic E-state index is 11.8. The summed E-state index contributed by atoms with van der Waals surface area (Å²) in [7, 11) is 0. The lowest BCUT2D eigenvalue weighted by Gasteiger charge is -2.18. The first kappa shape index (κ1) is 12.5. The summed E-state index contributed by atoms with van der Waals surface area (Å²) in [6.45, 7) is 5.95. The Hall–Kier alpha value is -1.97. The van der Waals surface area contributed by atoms with Gasteiger partial charge < -0.3 is 15.2 Å². The molecule has 96 valence electrons. The molecule has 4 heteroatoms. The number of hydrogen-bond donors (Lipinski definition) is 2. The molecule has 1 aromatic carbocycles. The van der Waals surface area contributed by atoms with Gasteiger partial charge in [-0.3, -0.25) is 0 Å². The minimum Gasteiger partial charge on any atom is -0.357 e. The zero-order valence-electron chi connectivity index (χ0n) is 10.9. The number of carbonyl (C=O) groups excluding carboxylic acids is 1. The first-order valence-corrected chi connectivity index (χ1v) is 6.34. The minimum absolute atomic E-state index is 0.0151. The second kappa shape index (κ2) is 5.58. The fraction of sp³-hybridized carbons (Fsp3) is 0.357. The van der Waals surface area contributed by atoms with Crippen LogP contribution in [0, 0.1) is 0 Å². The highest BCUT2D eigenvalue weighted by Crippen LogP contribution is 2.14. The molecule has 0 aliphatic rings. The van der Waals surface area contributed by atoms with Crippen molar-refractivity contribution in [3.63, 3.8) is 0 Å². The van der Waals surface area contributed by atoms with Crippen LogP contribution in [0.5, 0.6) is 0 Å². The third-order valence-corrected chi connectivity index (χ3v) is 3.07. The Morgan fingerprint density at radius 1 is 1.28 bits per heavy atom. The summed E-state index contributed by atoms with van der Waals surface area (Å²) < 4.78 is 0. The molecule has 0 unspecified atom stereocenters. The van der Waals surface area contributed by atoms with Crippen LogP contribution >= 0.6 is 0 Å². The van der Waals surface area contributed by atoms with Crippen molar-refractivity contribution in [1.29, 1.82) is 0 Å². The van der Waals surface area contributed by atoms with Crippen LogP contribution in [0.4, 0.5) is 4.79 Å². The molecule has 0 bridgehead atoms. The average molecular weight is 245 g/mol. The third-order valence-electron chi connectivity index (χ3n) is 3.07. The topological polar surface area (TPSA) is 48.1 Å². The number of nitrogens with one attached hydrogen (secondary N) is 2. The van der Waals surface area contributed by atoms with Crippen LogP contribution in [0.1, 0.15) is 19.5 Å². The van der Waals surface area contributed by atoms with Gasteiger partial charge in [-0.15, -0.1) is 0 Å². The molecule has 0 saturated carbocycles. The summed E-state index contributed by atoms with van der Waals surface area (Å²) in [6, 6.07) is 10.1. The van der Waals surface area contributed by atoms with Crippen molar-refractivity contribution in [2.45, 2.75) is 20.4 Å². The molecular weight excluding hydrogens is 226 g/mol. The summed E-state index contributed by atoms with van der Waals surface area (Å²) in [5.41, 5.74) is 2.13. The van der Waals surface area contributed by atoms with Gasteiger partial charge in [-0.05, 0) is 31.4 Å². The molecule has 2 rings (SSSR count). The van der Waals surface area contributed by atoms with Crippen molar-refractivity contribution in [1.82, 2.24) is 15.2 Å². The summed E-state index contributed by atoms with van der Waals surface area (Å²) in [4.78, 5) is 16.9. The number of amides is 2. The Kier molecular flexibility index (Phi) is 3.87. The molecular formula is C14H19N3O. The van der Waals surface area contributed by atoms with Gasteiger partial charge in [0.2, 0.25) is 0 Å². The van der Waals surface area contributed by atoms with Gasteiger partial charge in [-0.2, -0.15) is 0 Å². The Labute approximate surface area is 107 Å². The van der Waals surface area contributed by atoms with Gasteiger partial charge in [0, 0.05) is 24.3 Å². The molecule has 1 aromatic heterocycles. The second-order valence-electron chi connectivity index (χ2n) is 4.21. The molecule has 0 spiro atoms. The highest BCUT2D eigenvalue weighted by molar-refractivity contribution is 5.80. The maximum absolute atomic E-state index is 11.8. The van der Waals surface area contributed by atoms with E-state index >= 15 is 0 Å². The highest BCUT2D eigenvalue weighted by Gasteiger charge is 2.08. The molecule has 2 N–H and O–H groups in total. The van der Waals surface area contributed by atoms with E-state index in [9.17, 15) is 4.79 Å². The van der Waals surface area contributed by atoms with Gasteiger partial charge >= 0.3 is 6.03 Å². The van der Waals surface area contributed by atoms with Crippen molar-refractivity contribution in [2.24, 2.45) is 0 Å². The molecule has 18 heavy (non-hydrogen) atoms. The number of fused-ring (bicyclic) bond motifs is 1. The summed E-state index contributed by atoms with van der Waals surface area (Å²) in [5.74, 6) is 0. The fourth-order valence-corrected chi connectivity index (χ4v) is 2.02. The van der Waals surface area contributed by atoms with E-state index in [0.717, 1.165) is 24.3 Å². The molecule has 4 nitrogen and oxygen atoms in total. The van der Waals surface area contributed by atoms with Crippen LogP contribution in [-0.2, 0) is 6.54 Å². The van der Waals surface area contributed by atoms with E-state index in [-0.39, 0.29) is 6.03 Å². The lowest BCUT2D eigenvalue weighted by atomic mass is 10.2. The number of nitrogens with zero attached hydrogens (tertiary/aromatic N) is 1. The van der Waals surface area contributed by atoms with E-state index in [0.29, 0.717) is 6.54 Å². The monoisotopic (exact) mass is 245 g/mol. The number of carbonyl (C=O) groups is 1. The van der Waals surface area contributed by atoms with Crippen molar-refractivity contribution in [3.05, 3.63) is 36.0 Å². The molecule has 0 saturated heterocycles. The van der Waals surface area contributed by atoms with Gasteiger partial charge in [0.15, 0.2) is 0 Å². The summed E-state index contributed by atoms with van der Waals surface area (Å²) >= 11 is 0. The Balaban J connectivity index is 1.99. The Morgan fingerprint density at radius 2 is 2.00 bits per heavy atom. The van der Waals surface area contributed by atoms with Crippen molar-refractivity contribution >= 4 is 16.9 Å². The van der Waals surface area contributed by atoms with Crippen LogP contribution in [-0.4, -0.2) is 29.0 Å². The number of aromatic amines is 1. The number of urea groups is 1. The Morgan fingerprint density at radius 3 is 2.67 bits per heavy atom. The third kappa shape index (κ3) is 2.64. The van der Waals surface area contributed by atoms with Crippen molar-refractivity contribution in [3.8, 4) is 0 Å². The number of hydrogen-bond acceptors (Lipinski definition) is 1. The molecule has 0 aliphatic heterocycles. The van der Waals surface area contributed by atoms with Gasteiger partial charge in [0.1, 0.15) is 0 Å². The first-order valence-electron chi connectivity index (χ1n) is 6.34. The zero-order chi connectivity index (χ0) is 13.0. The number of para-hydroxylation sites is 1. The standard InChI is InChI=1S/C14H19N3O/c1-3-17(4-2)14(18)15-10-12-9-11-7-5-6-8-13(11)16-12/h5-9,16H,3-4,10H2,1-2H3,(H,15,18). The second-order valence-corrected chi connectivity index (χ2v) is 4.21. The molecule has 2 aromatic rings. The van der Waals surface area contributed by atoms with E-state index in [1.165, 1.54) is 5.39 Å². The van der Waals surface area contributed by atoms with Gasteiger partial charge in [0.05, 0.1) is 6.54 Å². The molecule has 2 amide bonds. The predicted molar refractivity (Wildman–Crippen MR) is 73.5 cm³/mol. The van der Waals surface area contributed by atoms with E-state index < -0.39 is 0 Å². The molecule has 0 aliphatic carbocycles. The largest absolute Gasteiger partial charge is 0.357 e. The van der Waals surface area contributed by atoms with Crippen LogP contribution in [0.2, 0.25) is 0 Å². The number of benzene rings is 1. The summed E-state index contributed by atoms with van der Waals surface area (Å²) in [5, 5.41) is 4.09. The van der Waals surface area contributed by atoms with E-state index in [2.05, 4.69) is 22.4 Å². The first-order chi connectivity index (χ1) is 8.74. The average Bonchev–Trinajstić information content (AvgIpc) is 2.80. The quantitative estimate of drug-likeness (QED) is 0.855. The number of H-pyrrole nitrogens is 1. The molecule has 0 radical (unpaired) electrons. The lowest BCUT2D eigenvalue weighted by Crippen LogP contribution is -2.39.